The molecule has 2 aromatic heterocycles. The Balaban J connectivity index is 1.98. The molecule has 25 heavy (non-hydrogen) atoms. The summed E-state index contributed by atoms with van der Waals surface area (Å²) in [6.45, 7) is 6.65. The molecular weight excluding hydrogens is 416 g/mol. The summed E-state index contributed by atoms with van der Waals surface area (Å²) in [5, 5.41) is 1.94. The summed E-state index contributed by atoms with van der Waals surface area (Å²) in [5.74, 6) is 0.437. The molecule has 0 unspecified atom stereocenters. The highest BCUT2D eigenvalue weighted by atomic mass is 79.9. The Morgan fingerprint density at radius 3 is 2.56 bits per heavy atom. The number of rotatable bonds is 5. The summed E-state index contributed by atoms with van der Waals surface area (Å²) in [6.07, 6.45) is 4.62. The maximum Gasteiger partial charge on any atom is 0.0810 e. The molecule has 0 bridgehead atoms. The van der Waals surface area contributed by atoms with Crippen LogP contribution in [0.4, 0.5) is 0 Å². The first-order valence-corrected chi connectivity index (χ1v) is 10.2. The van der Waals surface area contributed by atoms with Gasteiger partial charge in [-0.2, -0.15) is 0 Å². The van der Waals surface area contributed by atoms with E-state index in [1.807, 2.05) is 24.5 Å². The van der Waals surface area contributed by atoms with E-state index in [1.54, 1.807) is 11.8 Å². The van der Waals surface area contributed by atoms with Gasteiger partial charge in [-0.1, -0.05) is 53.1 Å². The van der Waals surface area contributed by atoms with E-state index in [2.05, 4.69) is 64.9 Å². The van der Waals surface area contributed by atoms with Crippen LogP contribution in [0, 0.1) is 6.92 Å². The minimum Gasteiger partial charge on any atom is -0.353 e. The van der Waals surface area contributed by atoms with Gasteiger partial charge in [-0.05, 0) is 66.3 Å². The summed E-state index contributed by atoms with van der Waals surface area (Å²) in [5.41, 5.74) is 5.27. The fourth-order valence-corrected chi connectivity index (χ4v) is 5.34. The van der Waals surface area contributed by atoms with Crippen molar-refractivity contribution in [2.24, 2.45) is 0 Å². The molecule has 0 radical (unpaired) electrons. The second-order valence-corrected chi connectivity index (χ2v) is 8.80. The summed E-state index contributed by atoms with van der Waals surface area (Å²) >= 11 is 11.5. The molecule has 0 aliphatic carbocycles. The van der Waals surface area contributed by atoms with Gasteiger partial charge in [-0.3, -0.25) is 4.98 Å². The number of pyridine rings is 1. The van der Waals surface area contributed by atoms with Gasteiger partial charge in [0.25, 0.3) is 0 Å². The standard InChI is InChI=1S/C20H20BrClN2S/c1-12(2)19-18(8-14-4-6-23-7-5-14)13(3)24-20(19)25-17-10-15(21)9-16(22)11-17/h4-7,9-12,24H,8H2,1-3H3. The van der Waals surface area contributed by atoms with Crippen molar-refractivity contribution in [2.75, 3.05) is 0 Å². The fraction of sp³-hybridized carbons (Fsp3) is 0.250. The molecule has 3 aromatic rings. The number of aromatic nitrogens is 2. The van der Waals surface area contributed by atoms with E-state index in [0.29, 0.717) is 5.92 Å². The SMILES string of the molecule is Cc1[nH]c(Sc2cc(Cl)cc(Br)c2)c(C(C)C)c1Cc1ccncc1. The Labute approximate surface area is 166 Å². The van der Waals surface area contributed by atoms with Crippen LogP contribution in [0.3, 0.4) is 0 Å². The van der Waals surface area contributed by atoms with Crippen LogP contribution in [0.25, 0.3) is 0 Å². The minimum atomic E-state index is 0.437. The van der Waals surface area contributed by atoms with Gasteiger partial charge < -0.3 is 4.98 Å². The van der Waals surface area contributed by atoms with Crippen LogP contribution in [-0.4, -0.2) is 9.97 Å². The number of hydrogen-bond acceptors (Lipinski definition) is 2. The smallest absolute Gasteiger partial charge is 0.0810 e. The lowest BCUT2D eigenvalue weighted by atomic mass is 9.96. The largest absolute Gasteiger partial charge is 0.353 e. The van der Waals surface area contributed by atoms with E-state index in [9.17, 15) is 0 Å². The van der Waals surface area contributed by atoms with E-state index in [0.717, 1.165) is 20.8 Å². The lowest BCUT2D eigenvalue weighted by Gasteiger charge is -2.12. The topological polar surface area (TPSA) is 28.7 Å². The number of nitrogens with one attached hydrogen (secondary N) is 1. The molecule has 1 N–H and O–H groups in total. The first-order valence-electron chi connectivity index (χ1n) is 8.18. The highest BCUT2D eigenvalue weighted by Gasteiger charge is 2.19. The Bertz CT molecular complexity index is 855. The quantitative estimate of drug-likeness (QED) is 0.467. The zero-order valence-electron chi connectivity index (χ0n) is 14.4. The van der Waals surface area contributed by atoms with Gasteiger partial charge in [-0.15, -0.1) is 0 Å². The van der Waals surface area contributed by atoms with E-state index in [-0.39, 0.29) is 0 Å². The molecule has 1 aromatic carbocycles. The van der Waals surface area contributed by atoms with Gasteiger partial charge in [0, 0.05) is 32.5 Å². The van der Waals surface area contributed by atoms with Crippen molar-refractivity contribution >= 4 is 39.3 Å². The predicted octanol–water partition coefficient (Wildman–Crippen LogP) is 7.00. The Morgan fingerprint density at radius 1 is 1.20 bits per heavy atom. The molecule has 130 valence electrons. The number of aryl methyl sites for hydroxylation is 1. The van der Waals surface area contributed by atoms with Gasteiger partial charge in [0.2, 0.25) is 0 Å². The third kappa shape index (κ3) is 4.49. The molecule has 2 heterocycles. The first kappa shape index (κ1) is 18.6. The van der Waals surface area contributed by atoms with Gasteiger partial charge in [0.15, 0.2) is 0 Å². The van der Waals surface area contributed by atoms with Crippen LogP contribution in [-0.2, 0) is 6.42 Å². The lowest BCUT2D eigenvalue weighted by Crippen LogP contribution is -1.97. The predicted molar refractivity (Wildman–Crippen MR) is 110 cm³/mol. The average molecular weight is 436 g/mol. The normalized spacial score (nSPS) is 11.3. The number of aromatic amines is 1. The maximum atomic E-state index is 6.20. The third-order valence-electron chi connectivity index (χ3n) is 4.09. The van der Waals surface area contributed by atoms with E-state index in [4.69, 9.17) is 11.6 Å². The molecule has 0 atom stereocenters. The van der Waals surface area contributed by atoms with E-state index < -0.39 is 0 Å². The van der Waals surface area contributed by atoms with Crippen molar-refractivity contribution in [1.29, 1.82) is 0 Å². The zero-order chi connectivity index (χ0) is 18.0. The van der Waals surface area contributed by atoms with Gasteiger partial charge in [0.1, 0.15) is 0 Å². The van der Waals surface area contributed by atoms with E-state index in [1.165, 1.54) is 27.4 Å². The van der Waals surface area contributed by atoms with Gasteiger partial charge >= 0.3 is 0 Å². The Kier molecular flexibility index (Phi) is 5.92. The van der Waals surface area contributed by atoms with Crippen molar-refractivity contribution < 1.29 is 0 Å². The molecule has 0 aliphatic rings. The van der Waals surface area contributed by atoms with Crippen LogP contribution < -0.4 is 0 Å². The van der Waals surface area contributed by atoms with Gasteiger partial charge in [-0.25, -0.2) is 0 Å². The second kappa shape index (κ2) is 7.98. The van der Waals surface area contributed by atoms with Crippen molar-refractivity contribution in [3.63, 3.8) is 0 Å². The summed E-state index contributed by atoms with van der Waals surface area (Å²) in [6, 6.07) is 10.2. The fourth-order valence-electron chi connectivity index (χ4n) is 2.98. The third-order valence-corrected chi connectivity index (χ3v) is 5.76. The molecule has 0 saturated heterocycles. The molecule has 0 aliphatic heterocycles. The van der Waals surface area contributed by atoms with Crippen molar-refractivity contribution in [3.05, 3.63) is 74.6 Å². The highest BCUT2D eigenvalue weighted by Crippen LogP contribution is 2.39. The molecule has 5 heteroatoms. The molecule has 0 amide bonds. The number of halogens is 2. The van der Waals surface area contributed by atoms with Crippen molar-refractivity contribution in [1.82, 2.24) is 9.97 Å². The molecule has 2 nitrogen and oxygen atoms in total. The Morgan fingerprint density at radius 2 is 1.92 bits per heavy atom. The van der Waals surface area contributed by atoms with Crippen LogP contribution >= 0.6 is 39.3 Å². The summed E-state index contributed by atoms with van der Waals surface area (Å²) in [7, 11) is 0. The van der Waals surface area contributed by atoms with Crippen LogP contribution in [0.2, 0.25) is 5.02 Å². The number of benzene rings is 1. The highest BCUT2D eigenvalue weighted by molar-refractivity contribution is 9.10. The molecule has 3 rings (SSSR count). The maximum absolute atomic E-state index is 6.20. The number of H-pyrrole nitrogens is 1. The van der Waals surface area contributed by atoms with Crippen LogP contribution in [0.5, 0.6) is 0 Å². The Hall–Kier alpha value is -1.23. The van der Waals surface area contributed by atoms with Crippen molar-refractivity contribution in [2.45, 2.75) is 43.0 Å². The molecule has 0 fully saturated rings. The van der Waals surface area contributed by atoms with E-state index >= 15 is 0 Å². The molecule has 0 saturated carbocycles. The minimum absolute atomic E-state index is 0.437. The number of nitrogens with zero attached hydrogens (tertiary/aromatic N) is 1. The zero-order valence-corrected chi connectivity index (χ0v) is 17.6. The number of hydrogen-bond donors (Lipinski definition) is 1. The van der Waals surface area contributed by atoms with Gasteiger partial charge in [0.05, 0.1) is 5.03 Å². The molecular formula is C20H20BrClN2S. The average Bonchev–Trinajstić information content (AvgIpc) is 2.83. The monoisotopic (exact) mass is 434 g/mol. The van der Waals surface area contributed by atoms with Crippen molar-refractivity contribution in [3.8, 4) is 0 Å². The summed E-state index contributed by atoms with van der Waals surface area (Å²) < 4.78 is 0.994. The van der Waals surface area contributed by atoms with Crippen LogP contribution in [0.15, 0.2) is 57.1 Å². The lowest BCUT2D eigenvalue weighted by molar-refractivity contribution is 0.825. The summed E-state index contributed by atoms with van der Waals surface area (Å²) in [4.78, 5) is 8.83. The second-order valence-electron chi connectivity index (χ2n) is 6.37. The van der Waals surface area contributed by atoms with Crippen LogP contribution in [0.1, 0.15) is 42.1 Å². The first-order chi connectivity index (χ1) is 11.9. The molecule has 0 spiro atoms.